The number of fused-ring (bicyclic) bond motifs is 1. The van der Waals surface area contributed by atoms with E-state index in [4.69, 9.17) is 26.4 Å². The Morgan fingerprint density at radius 3 is 2.68 bits per heavy atom. The number of rotatable bonds is 11. The zero-order valence-electron chi connectivity index (χ0n) is 26.0. The summed E-state index contributed by atoms with van der Waals surface area (Å²) in [7, 11) is 1.57. The van der Waals surface area contributed by atoms with Crippen molar-refractivity contribution in [2.45, 2.75) is 70.1 Å². The van der Waals surface area contributed by atoms with E-state index in [9.17, 15) is 19.5 Å². The average Bonchev–Trinajstić information content (AvgIpc) is 3.35. The van der Waals surface area contributed by atoms with Crippen LogP contribution in [0.1, 0.15) is 50.7 Å². The van der Waals surface area contributed by atoms with Crippen LogP contribution in [0.15, 0.2) is 24.3 Å². The van der Waals surface area contributed by atoms with Gasteiger partial charge in [-0.15, -0.1) is 0 Å². The lowest BCUT2D eigenvalue weighted by Gasteiger charge is -2.52. The smallest absolute Gasteiger partial charge is 0.415 e. The maximum atomic E-state index is 13.1. The molecule has 2 aliphatic carbocycles. The zero-order valence-corrected chi connectivity index (χ0v) is 26.0. The minimum absolute atomic E-state index is 0.119. The van der Waals surface area contributed by atoms with Crippen LogP contribution < -0.4 is 36.9 Å². The summed E-state index contributed by atoms with van der Waals surface area (Å²) in [6.45, 7) is 6.95. The molecule has 2 unspecified atom stereocenters. The predicted octanol–water partition coefficient (Wildman–Crippen LogP) is 0.860. The third-order valence-electron chi connectivity index (χ3n) is 9.52. The summed E-state index contributed by atoms with van der Waals surface area (Å²) in [5.74, 6) is 0.891. The van der Waals surface area contributed by atoms with Crippen LogP contribution in [0.3, 0.4) is 0 Å². The summed E-state index contributed by atoms with van der Waals surface area (Å²) in [6, 6.07) is 2.84. The van der Waals surface area contributed by atoms with Gasteiger partial charge < -0.3 is 46.9 Å². The van der Waals surface area contributed by atoms with Crippen molar-refractivity contribution in [2.75, 3.05) is 33.2 Å². The van der Waals surface area contributed by atoms with E-state index in [0.717, 1.165) is 24.0 Å². The summed E-state index contributed by atoms with van der Waals surface area (Å²) < 4.78 is 12.3. The number of likely N-dealkylation sites (N-methyl/N-ethyl adjacent to an activating group) is 1. The number of nitrogens with two attached hydrogens (primary N) is 2. The fraction of sp³-hybridized carbons (Fsp3) is 0.613. The number of hydrogen-bond donors (Lipinski definition) is 7. The SMILES string of the molecule is Cc1ccc(OC(=O)N(C)CCNC(=O)[C@H](CCCNC(=N)N)NC(=O)CN)c2c1[C@]13CC[C@@H](C)[C@H](C)C1C=CC(O)[C@@H]3O2. The molecule has 9 N–H and O–H groups in total. The van der Waals surface area contributed by atoms with E-state index < -0.39 is 41.6 Å². The summed E-state index contributed by atoms with van der Waals surface area (Å²) in [4.78, 5) is 39.1. The van der Waals surface area contributed by atoms with Crippen molar-refractivity contribution in [3.8, 4) is 11.5 Å². The Morgan fingerprint density at radius 2 is 1.98 bits per heavy atom. The van der Waals surface area contributed by atoms with Gasteiger partial charge in [0.2, 0.25) is 11.8 Å². The number of carbonyl (C=O) groups excluding carboxylic acids is 3. The first kappa shape index (κ1) is 33.1. The number of allylic oxidation sites excluding steroid dienone is 1. The van der Waals surface area contributed by atoms with Crippen LogP contribution in [0, 0.1) is 30.1 Å². The molecule has 1 heterocycles. The van der Waals surface area contributed by atoms with Gasteiger partial charge in [0.15, 0.2) is 17.5 Å². The molecule has 0 aromatic heterocycles. The molecule has 13 heteroatoms. The summed E-state index contributed by atoms with van der Waals surface area (Å²) >= 11 is 0. The van der Waals surface area contributed by atoms with Gasteiger partial charge in [0, 0.05) is 37.7 Å². The number of nitrogens with one attached hydrogen (secondary N) is 4. The summed E-state index contributed by atoms with van der Waals surface area (Å²) in [5, 5.41) is 26.2. The number of nitrogens with zero attached hydrogens (tertiary/aromatic N) is 1. The largest absolute Gasteiger partial charge is 0.482 e. The molecule has 242 valence electrons. The van der Waals surface area contributed by atoms with Crippen molar-refractivity contribution in [2.24, 2.45) is 29.2 Å². The van der Waals surface area contributed by atoms with Gasteiger partial charge in [-0.2, -0.15) is 0 Å². The van der Waals surface area contributed by atoms with E-state index in [2.05, 4.69) is 35.9 Å². The molecule has 3 amide bonds. The van der Waals surface area contributed by atoms with Crippen molar-refractivity contribution in [1.82, 2.24) is 20.9 Å². The highest BCUT2D eigenvalue weighted by Gasteiger charge is 2.61. The Morgan fingerprint density at radius 1 is 1.23 bits per heavy atom. The van der Waals surface area contributed by atoms with Gasteiger partial charge in [0.25, 0.3) is 0 Å². The van der Waals surface area contributed by atoms with Gasteiger partial charge in [-0.25, -0.2) is 4.79 Å². The molecule has 1 aromatic carbocycles. The minimum Gasteiger partial charge on any atom is -0.482 e. The minimum atomic E-state index is -0.827. The Hall–Kier alpha value is -3.84. The molecule has 1 aromatic rings. The number of aliphatic hydroxyl groups excluding tert-OH is 1. The normalized spacial score (nSPS) is 27.1. The molecule has 0 radical (unpaired) electrons. The number of aliphatic hydroxyl groups is 1. The lowest BCUT2D eigenvalue weighted by molar-refractivity contribution is -0.128. The number of ether oxygens (including phenoxy) is 2. The molecular formula is C31H47N7O6. The van der Waals surface area contributed by atoms with Crippen molar-refractivity contribution in [3.63, 3.8) is 0 Å². The fourth-order valence-electron chi connectivity index (χ4n) is 7.00. The number of amides is 3. The van der Waals surface area contributed by atoms with Gasteiger partial charge in [-0.3, -0.25) is 15.0 Å². The Kier molecular flexibility index (Phi) is 10.4. The van der Waals surface area contributed by atoms with E-state index in [1.165, 1.54) is 4.90 Å². The molecule has 1 fully saturated rings. The van der Waals surface area contributed by atoms with Crippen molar-refractivity contribution in [1.29, 1.82) is 5.41 Å². The molecule has 1 saturated carbocycles. The van der Waals surface area contributed by atoms with Crippen LogP contribution in [0.25, 0.3) is 0 Å². The topological polar surface area (TPSA) is 205 Å². The maximum absolute atomic E-state index is 13.1. The van der Waals surface area contributed by atoms with Crippen LogP contribution in [-0.2, 0) is 15.0 Å². The quantitative estimate of drug-likeness (QED) is 0.0817. The van der Waals surface area contributed by atoms with Gasteiger partial charge in [0.05, 0.1) is 6.54 Å². The first-order valence-electron chi connectivity index (χ1n) is 15.4. The van der Waals surface area contributed by atoms with Gasteiger partial charge in [-0.05, 0) is 62.0 Å². The lowest BCUT2D eigenvalue weighted by atomic mass is 9.52. The fourth-order valence-corrected chi connectivity index (χ4v) is 7.00. The highest BCUT2D eigenvalue weighted by atomic mass is 16.6. The molecule has 7 atom stereocenters. The van der Waals surface area contributed by atoms with Crippen LogP contribution in [0.4, 0.5) is 4.79 Å². The number of carbonyl (C=O) groups is 3. The highest BCUT2D eigenvalue weighted by molar-refractivity contribution is 5.88. The zero-order chi connectivity index (χ0) is 32.2. The molecule has 3 aliphatic rings. The first-order chi connectivity index (χ1) is 20.9. The molecule has 4 rings (SSSR count). The van der Waals surface area contributed by atoms with Gasteiger partial charge in [-0.1, -0.05) is 32.1 Å². The number of benzene rings is 1. The van der Waals surface area contributed by atoms with Crippen LogP contribution in [0.5, 0.6) is 11.5 Å². The molecule has 44 heavy (non-hydrogen) atoms. The van der Waals surface area contributed by atoms with E-state index in [0.29, 0.717) is 42.7 Å². The third kappa shape index (κ3) is 6.63. The lowest BCUT2D eigenvalue weighted by Crippen LogP contribution is -2.56. The number of hydrogen-bond acceptors (Lipinski definition) is 8. The average molecular weight is 614 g/mol. The van der Waals surface area contributed by atoms with Crippen LogP contribution >= 0.6 is 0 Å². The predicted molar refractivity (Wildman–Crippen MR) is 165 cm³/mol. The first-order valence-corrected chi connectivity index (χ1v) is 15.4. The highest BCUT2D eigenvalue weighted by Crippen LogP contribution is 2.62. The molecule has 13 nitrogen and oxygen atoms in total. The molecule has 1 spiro atoms. The van der Waals surface area contributed by atoms with Crippen LogP contribution in [0.2, 0.25) is 0 Å². The second kappa shape index (κ2) is 13.9. The Bertz CT molecular complexity index is 1290. The van der Waals surface area contributed by atoms with Crippen molar-refractivity contribution >= 4 is 23.9 Å². The number of guanidine groups is 1. The molecule has 1 aliphatic heterocycles. The van der Waals surface area contributed by atoms with Gasteiger partial charge in [0.1, 0.15) is 18.2 Å². The van der Waals surface area contributed by atoms with E-state index in [1.54, 1.807) is 13.1 Å². The maximum Gasteiger partial charge on any atom is 0.415 e. The number of aryl methyl sites for hydroxylation is 1. The molecule has 0 bridgehead atoms. The van der Waals surface area contributed by atoms with Crippen molar-refractivity contribution in [3.05, 3.63) is 35.4 Å². The standard InChI is InChI=1S/C31H47N7O6/c1-17-11-12-31-20(19(17)3)8-9-22(39)27(31)44-26-23(10-7-18(2)25(26)31)43-30(42)38(4)15-14-35-28(41)21(37-24(40)16-32)6-5-13-36-29(33)34/h7-10,17,19-22,27,39H,5-6,11-16,32H2,1-4H3,(H,35,41)(H,37,40)(H4,33,34,36)/t17-,19+,20?,21+,22?,27+,31+/m1/s1. The van der Waals surface area contributed by atoms with Crippen molar-refractivity contribution < 1.29 is 29.0 Å². The monoisotopic (exact) mass is 613 g/mol. The van der Waals surface area contributed by atoms with E-state index in [1.807, 2.05) is 19.1 Å². The third-order valence-corrected chi connectivity index (χ3v) is 9.52. The Balaban J connectivity index is 1.40. The van der Waals surface area contributed by atoms with E-state index >= 15 is 0 Å². The molecular weight excluding hydrogens is 566 g/mol. The van der Waals surface area contributed by atoms with Gasteiger partial charge >= 0.3 is 6.09 Å². The van der Waals surface area contributed by atoms with E-state index in [-0.39, 0.29) is 31.5 Å². The van der Waals surface area contributed by atoms with Crippen LogP contribution in [-0.4, -0.2) is 85.4 Å². The second-order valence-corrected chi connectivity index (χ2v) is 12.3. The summed E-state index contributed by atoms with van der Waals surface area (Å²) in [6.07, 6.45) is 4.82. The Labute approximate surface area is 258 Å². The second-order valence-electron chi connectivity index (χ2n) is 12.3. The summed E-state index contributed by atoms with van der Waals surface area (Å²) in [5.41, 5.74) is 12.3. The molecule has 0 saturated heterocycles.